The number of amides is 1. The summed E-state index contributed by atoms with van der Waals surface area (Å²) in [5.41, 5.74) is -0.142. The van der Waals surface area contributed by atoms with Crippen LogP contribution in [0.4, 0.5) is 9.18 Å². The van der Waals surface area contributed by atoms with Crippen molar-refractivity contribution in [3.8, 4) is 0 Å². The molecule has 6 heteroatoms. The second-order valence-corrected chi connectivity index (χ2v) is 7.42. The van der Waals surface area contributed by atoms with Crippen molar-refractivity contribution in [1.29, 1.82) is 0 Å². The van der Waals surface area contributed by atoms with E-state index in [9.17, 15) is 9.18 Å². The number of carbonyl (C=O) groups excluding carboxylic acids is 1. The molecule has 0 radical (unpaired) electrons. The lowest BCUT2D eigenvalue weighted by Crippen LogP contribution is -2.47. The number of halogens is 2. The molecule has 1 aromatic carbocycles. The summed E-state index contributed by atoms with van der Waals surface area (Å²) in [7, 11) is 0. The van der Waals surface area contributed by atoms with E-state index in [1.807, 2.05) is 0 Å². The topological polar surface area (TPSA) is 38.8 Å². The van der Waals surface area contributed by atoms with Crippen molar-refractivity contribution in [3.63, 3.8) is 0 Å². The van der Waals surface area contributed by atoms with Crippen molar-refractivity contribution in [2.45, 2.75) is 57.9 Å². The van der Waals surface area contributed by atoms with Crippen molar-refractivity contribution in [2.24, 2.45) is 0 Å². The number of alkyl halides is 1. The average Bonchev–Trinajstić information content (AvgIpc) is 2.71. The molecule has 1 heterocycles. The van der Waals surface area contributed by atoms with Crippen LogP contribution in [0.15, 0.2) is 18.2 Å². The molecule has 0 aliphatic carbocycles. The summed E-state index contributed by atoms with van der Waals surface area (Å²) < 4.78 is 25.0. The van der Waals surface area contributed by atoms with E-state index in [-0.39, 0.29) is 18.3 Å². The third-order valence-electron chi connectivity index (χ3n) is 3.60. The smallest absolute Gasteiger partial charge is 0.413 e. The van der Waals surface area contributed by atoms with E-state index in [4.69, 9.17) is 21.1 Å². The van der Waals surface area contributed by atoms with Crippen molar-refractivity contribution >= 4 is 17.7 Å². The highest BCUT2D eigenvalue weighted by Gasteiger charge is 2.46. The monoisotopic (exact) mass is 343 g/mol. The molecule has 1 atom stereocenters. The van der Waals surface area contributed by atoms with Gasteiger partial charge in [-0.3, -0.25) is 4.90 Å². The zero-order valence-electron chi connectivity index (χ0n) is 14.2. The fourth-order valence-electron chi connectivity index (χ4n) is 2.65. The third-order valence-corrected chi connectivity index (χ3v) is 3.90. The number of benzene rings is 1. The molecule has 1 saturated heterocycles. The Kier molecular flexibility index (Phi) is 4.92. The normalized spacial score (nSPS) is 20.7. The summed E-state index contributed by atoms with van der Waals surface area (Å²) in [6, 6.07) is 4.17. The standard InChI is InChI=1S/C17H23ClFNO3/c1-16(2,3)23-15(21)20-14(10-22-17(20,4)5)12-6-11(9-18)7-13(19)8-12/h6-8,14H,9-10H2,1-5H3. The van der Waals surface area contributed by atoms with Gasteiger partial charge < -0.3 is 9.47 Å². The molecular formula is C17H23ClFNO3. The van der Waals surface area contributed by atoms with Gasteiger partial charge in [-0.25, -0.2) is 9.18 Å². The van der Waals surface area contributed by atoms with E-state index in [0.29, 0.717) is 11.1 Å². The number of carbonyl (C=O) groups is 1. The molecule has 0 spiro atoms. The summed E-state index contributed by atoms with van der Waals surface area (Å²) >= 11 is 5.82. The van der Waals surface area contributed by atoms with Crippen molar-refractivity contribution < 1.29 is 18.7 Å². The SMILES string of the molecule is CC(C)(C)OC(=O)N1C(c2cc(F)cc(CCl)c2)COC1(C)C. The summed E-state index contributed by atoms with van der Waals surface area (Å²) in [5, 5.41) is 0. The highest BCUT2D eigenvalue weighted by atomic mass is 35.5. The lowest BCUT2D eigenvalue weighted by Gasteiger charge is -2.35. The number of hydrogen-bond donors (Lipinski definition) is 0. The highest BCUT2D eigenvalue weighted by molar-refractivity contribution is 6.17. The number of rotatable bonds is 2. The van der Waals surface area contributed by atoms with Crippen LogP contribution in [-0.4, -0.2) is 28.9 Å². The summed E-state index contributed by atoms with van der Waals surface area (Å²) in [6.07, 6.45) is -0.485. The first kappa shape index (κ1) is 18.0. The zero-order chi connectivity index (χ0) is 17.4. The zero-order valence-corrected chi connectivity index (χ0v) is 14.9. The predicted molar refractivity (Wildman–Crippen MR) is 86.8 cm³/mol. The van der Waals surface area contributed by atoms with Crippen molar-refractivity contribution in [3.05, 3.63) is 35.1 Å². The fraction of sp³-hybridized carbons (Fsp3) is 0.588. The van der Waals surface area contributed by atoms with Gasteiger partial charge >= 0.3 is 6.09 Å². The van der Waals surface area contributed by atoms with Gasteiger partial charge in [0.2, 0.25) is 0 Å². The van der Waals surface area contributed by atoms with Crippen LogP contribution in [-0.2, 0) is 15.4 Å². The molecule has 0 bridgehead atoms. The van der Waals surface area contributed by atoms with E-state index in [1.54, 1.807) is 40.7 Å². The largest absolute Gasteiger partial charge is 0.444 e. The maximum Gasteiger partial charge on any atom is 0.413 e. The first-order chi connectivity index (χ1) is 10.5. The van der Waals surface area contributed by atoms with Crippen LogP contribution in [0.1, 0.15) is 51.8 Å². The van der Waals surface area contributed by atoms with Gasteiger partial charge in [0.05, 0.1) is 12.6 Å². The van der Waals surface area contributed by atoms with Crippen LogP contribution >= 0.6 is 11.6 Å². The molecule has 1 aromatic rings. The van der Waals surface area contributed by atoms with Crippen LogP contribution in [0.25, 0.3) is 0 Å². The molecule has 1 aliphatic rings. The third kappa shape index (κ3) is 4.15. The number of nitrogens with zero attached hydrogens (tertiary/aromatic N) is 1. The number of ether oxygens (including phenoxy) is 2. The van der Waals surface area contributed by atoms with Gasteiger partial charge in [0.15, 0.2) is 0 Å². The maximum absolute atomic E-state index is 13.8. The second kappa shape index (κ2) is 6.29. The van der Waals surface area contributed by atoms with Gasteiger partial charge in [-0.05, 0) is 57.9 Å². The van der Waals surface area contributed by atoms with Gasteiger partial charge in [0, 0.05) is 5.88 Å². The Morgan fingerprint density at radius 1 is 1.43 bits per heavy atom. The van der Waals surface area contributed by atoms with Crippen LogP contribution in [0.2, 0.25) is 0 Å². The summed E-state index contributed by atoms with van der Waals surface area (Å²) in [4.78, 5) is 14.1. The molecule has 1 amide bonds. The van der Waals surface area contributed by atoms with Gasteiger partial charge in [-0.15, -0.1) is 11.6 Å². The molecule has 4 nitrogen and oxygen atoms in total. The fourth-order valence-corrected chi connectivity index (χ4v) is 2.80. The Balaban J connectivity index is 2.37. The van der Waals surface area contributed by atoms with Crippen LogP contribution < -0.4 is 0 Å². The molecule has 128 valence electrons. The lowest BCUT2D eigenvalue weighted by molar-refractivity contribution is -0.0626. The highest BCUT2D eigenvalue weighted by Crippen LogP contribution is 2.38. The van der Waals surface area contributed by atoms with Crippen molar-refractivity contribution in [2.75, 3.05) is 6.61 Å². The molecule has 1 unspecified atom stereocenters. The Morgan fingerprint density at radius 3 is 2.65 bits per heavy atom. The Morgan fingerprint density at radius 2 is 2.09 bits per heavy atom. The minimum Gasteiger partial charge on any atom is -0.444 e. The maximum atomic E-state index is 13.8. The van der Waals surface area contributed by atoms with Gasteiger partial charge in [-0.2, -0.15) is 0 Å². The molecule has 1 fully saturated rings. The van der Waals surface area contributed by atoms with E-state index in [2.05, 4.69) is 0 Å². The lowest BCUT2D eigenvalue weighted by atomic mass is 10.0. The first-order valence-corrected chi connectivity index (χ1v) is 8.08. The molecular weight excluding hydrogens is 321 g/mol. The Labute approximate surface area is 141 Å². The quantitative estimate of drug-likeness (QED) is 0.736. The number of hydrogen-bond acceptors (Lipinski definition) is 3. The van der Waals surface area contributed by atoms with Crippen LogP contribution in [0.3, 0.4) is 0 Å². The predicted octanol–water partition coefficient (Wildman–Crippen LogP) is 4.61. The van der Waals surface area contributed by atoms with Crippen LogP contribution in [0, 0.1) is 5.82 Å². The molecule has 1 aliphatic heterocycles. The van der Waals surface area contributed by atoms with Gasteiger partial charge in [-0.1, -0.05) is 6.07 Å². The molecule has 0 N–H and O–H groups in total. The minimum atomic E-state index is -0.833. The van der Waals surface area contributed by atoms with E-state index in [0.717, 1.165) is 0 Å². The average molecular weight is 344 g/mol. The molecule has 0 aromatic heterocycles. The van der Waals surface area contributed by atoms with Gasteiger partial charge in [0.25, 0.3) is 0 Å². The molecule has 2 rings (SSSR count). The van der Waals surface area contributed by atoms with E-state index < -0.39 is 23.5 Å². The summed E-state index contributed by atoms with van der Waals surface area (Å²) in [6.45, 7) is 9.27. The van der Waals surface area contributed by atoms with Gasteiger partial charge in [0.1, 0.15) is 17.1 Å². The Hall–Kier alpha value is -1.33. The molecule has 23 heavy (non-hydrogen) atoms. The summed E-state index contributed by atoms with van der Waals surface area (Å²) in [5.74, 6) is -0.180. The van der Waals surface area contributed by atoms with Crippen molar-refractivity contribution in [1.82, 2.24) is 4.90 Å². The van der Waals surface area contributed by atoms with E-state index in [1.165, 1.54) is 17.0 Å². The van der Waals surface area contributed by atoms with E-state index >= 15 is 0 Å². The van der Waals surface area contributed by atoms with Crippen LogP contribution in [0.5, 0.6) is 0 Å². The molecule has 0 saturated carbocycles. The Bertz CT molecular complexity index is 598. The second-order valence-electron chi connectivity index (χ2n) is 7.15. The first-order valence-electron chi connectivity index (χ1n) is 7.55. The minimum absolute atomic E-state index is 0.203.